The van der Waals surface area contributed by atoms with Crippen molar-refractivity contribution < 1.29 is 0 Å². The van der Waals surface area contributed by atoms with Gasteiger partial charge in [0.25, 0.3) is 0 Å². The number of fused-ring (bicyclic) bond motifs is 1. The molecular formula is C12H18N4. The van der Waals surface area contributed by atoms with Gasteiger partial charge in [-0.2, -0.15) is 5.10 Å². The van der Waals surface area contributed by atoms with Crippen molar-refractivity contribution in [3.05, 3.63) is 24.7 Å². The maximum Gasteiger partial charge on any atom is 0.152 e. The molecular weight excluding hydrogens is 200 g/mol. The van der Waals surface area contributed by atoms with Gasteiger partial charge in [0.05, 0.1) is 6.20 Å². The highest BCUT2D eigenvalue weighted by molar-refractivity contribution is 5.66. The first-order valence-electron chi connectivity index (χ1n) is 5.86. The zero-order chi connectivity index (χ0) is 11.4. The molecule has 0 aliphatic heterocycles. The minimum absolute atomic E-state index is 0.452. The van der Waals surface area contributed by atoms with Gasteiger partial charge in [0, 0.05) is 18.4 Å². The fourth-order valence-electron chi connectivity index (χ4n) is 1.78. The zero-order valence-electron chi connectivity index (χ0n) is 9.85. The SMILES string of the molecule is CCCCC(C)Nc1nccn2nccc12. The van der Waals surface area contributed by atoms with Crippen LogP contribution in [0, 0.1) is 0 Å². The van der Waals surface area contributed by atoms with Crippen LogP contribution in [0.4, 0.5) is 5.82 Å². The Morgan fingerprint density at radius 1 is 1.44 bits per heavy atom. The van der Waals surface area contributed by atoms with E-state index in [4.69, 9.17) is 0 Å². The summed E-state index contributed by atoms with van der Waals surface area (Å²) in [5.74, 6) is 0.920. The largest absolute Gasteiger partial charge is 0.366 e. The van der Waals surface area contributed by atoms with Gasteiger partial charge in [-0.25, -0.2) is 9.50 Å². The molecule has 2 heterocycles. The van der Waals surface area contributed by atoms with Gasteiger partial charge in [-0.1, -0.05) is 19.8 Å². The third-order valence-corrected chi connectivity index (χ3v) is 2.70. The predicted molar refractivity (Wildman–Crippen MR) is 65.6 cm³/mol. The lowest BCUT2D eigenvalue weighted by atomic mass is 10.1. The van der Waals surface area contributed by atoms with Crippen LogP contribution in [0.5, 0.6) is 0 Å². The normalized spacial score (nSPS) is 12.9. The molecule has 4 nitrogen and oxygen atoms in total. The summed E-state index contributed by atoms with van der Waals surface area (Å²) in [7, 11) is 0. The molecule has 0 radical (unpaired) electrons. The van der Waals surface area contributed by atoms with E-state index in [1.165, 1.54) is 19.3 Å². The van der Waals surface area contributed by atoms with E-state index >= 15 is 0 Å². The lowest BCUT2D eigenvalue weighted by molar-refractivity contribution is 0.643. The molecule has 0 saturated carbocycles. The van der Waals surface area contributed by atoms with E-state index < -0.39 is 0 Å². The van der Waals surface area contributed by atoms with Gasteiger partial charge in [0.1, 0.15) is 5.52 Å². The Labute approximate surface area is 95.7 Å². The number of rotatable bonds is 5. The number of hydrogen-bond acceptors (Lipinski definition) is 3. The first kappa shape index (κ1) is 10.9. The van der Waals surface area contributed by atoms with Crippen molar-refractivity contribution in [3.8, 4) is 0 Å². The topological polar surface area (TPSA) is 42.2 Å². The second-order valence-corrected chi connectivity index (χ2v) is 4.12. The monoisotopic (exact) mass is 218 g/mol. The second kappa shape index (κ2) is 4.96. The maximum absolute atomic E-state index is 4.36. The summed E-state index contributed by atoms with van der Waals surface area (Å²) in [5.41, 5.74) is 1.03. The minimum Gasteiger partial charge on any atom is -0.366 e. The van der Waals surface area contributed by atoms with Crippen LogP contribution in [0.2, 0.25) is 0 Å². The molecule has 16 heavy (non-hydrogen) atoms. The average molecular weight is 218 g/mol. The first-order chi connectivity index (χ1) is 7.81. The number of nitrogens with one attached hydrogen (secondary N) is 1. The van der Waals surface area contributed by atoms with Crippen molar-refractivity contribution in [2.45, 2.75) is 39.2 Å². The Bertz CT molecular complexity index is 449. The highest BCUT2D eigenvalue weighted by Crippen LogP contribution is 2.14. The molecule has 0 aliphatic rings. The van der Waals surface area contributed by atoms with Crippen LogP contribution >= 0.6 is 0 Å². The van der Waals surface area contributed by atoms with E-state index in [2.05, 4.69) is 29.2 Å². The van der Waals surface area contributed by atoms with Gasteiger partial charge < -0.3 is 5.32 Å². The number of anilines is 1. The van der Waals surface area contributed by atoms with Crippen LogP contribution in [0.3, 0.4) is 0 Å². The van der Waals surface area contributed by atoms with Crippen LogP contribution < -0.4 is 5.32 Å². The maximum atomic E-state index is 4.36. The highest BCUT2D eigenvalue weighted by Gasteiger charge is 2.06. The van der Waals surface area contributed by atoms with Crippen LogP contribution in [0.15, 0.2) is 24.7 Å². The van der Waals surface area contributed by atoms with E-state index in [1.54, 1.807) is 12.4 Å². The standard InChI is InChI=1S/C12H18N4/c1-3-4-5-10(2)15-12-11-6-7-14-16(11)9-8-13-12/h6-10H,3-5H2,1-2H3,(H,13,15). The molecule has 2 rings (SSSR count). The van der Waals surface area contributed by atoms with Crippen molar-refractivity contribution in [1.82, 2.24) is 14.6 Å². The fourth-order valence-corrected chi connectivity index (χ4v) is 1.78. The van der Waals surface area contributed by atoms with Crippen molar-refractivity contribution in [1.29, 1.82) is 0 Å². The van der Waals surface area contributed by atoms with Crippen molar-refractivity contribution >= 4 is 11.3 Å². The molecule has 0 bridgehead atoms. The second-order valence-electron chi connectivity index (χ2n) is 4.12. The third-order valence-electron chi connectivity index (χ3n) is 2.70. The number of aromatic nitrogens is 3. The van der Waals surface area contributed by atoms with E-state index in [1.807, 2.05) is 16.8 Å². The van der Waals surface area contributed by atoms with Gasteiger partial charge in [-0.15, -0.1) is 0 Å². The molecule has 4 heteroatoms. The van der Waals surface area contributed by atoms with Gasteiger partial charge in [0.15, 0.2) is 5.82 Å². The molecule has 1 N–H and O–H groups in total. The van der Waals surface area contributed by atoms with Crippen molar-refractivity contribution in [2.75, 3.05) is 5.32 Å². The molecule has 2 aromatic heterocycles. The van der Waals surface area contributed by atoms with Gasteiger partial charge in [-0.05, 0) is 19.4 Å². The highest BCUT2D eigenvalue weighted by atomic mass is 15.2. The Hall–Kier alpha value is -1.58. The van der Waals surface area contributed by atoms with Gasteiger partial charge >= 0.3 is 0 Å². The summed E-state index contributed by atoms with van der Waals surface area (Å²) in [6.07, 6.45) is 9.07. The Morgan fingerprint density at radius 2 is 2.31 bits per heavy atom. The Balaban J connectivity index is 2.11. The molecule has 0 aliphatic carbocycles. The Morgan fingerprint density at radius 3 is 3.12 bits per heavy atom. The third kappa shape index (κ3) is 2.32. The molecule has 0 spiro atoms. The van der Waals surface area contributed by atoms with E-state index in [9.17, 15) is 0 Å². The quantitative estimate of drug-likeness (QED) is 0.839. The molecule has 2 aromatic rings. The molecule has 0 amide bonds. The molecule has 0 fully saturated rings. The summed E-state index contributed by atoms with van der Waals surface area (Å²) in [5, 5.41) is 7.62. The van der Waals surface area contributed by atoms with E-state index in [0.29, 0.717) is 6.04 Å². The van der Waals surface area contributed by atoms with Crippen molar-refractivity contribution in [3.63, 3.8) is 0 Å². The van der Waals surface area contributed by atoms with Crippen LogP contribution in [0.25, 0.3) is 5.52 Å². The smallest absolute Gasteiger partial charge is 0.152 e. The average Bonchev–Trinajstić information content (AvgIpc) is 2.75. The predicted octanol–water partition coefficient (Wildman–Crippen LogP) is 2.72. The lowest BCUT2D eigenvalue weighted by Crippen LogP contribution is -2.16. The van der Waals surface area contributed by atoms with E-state index in [0.717, 1.165) is 11.3 Å². The molecule has 86 valence electrons. The first-order valence-corrected chi connectivity index (χ1v) is 5.86. The summed E-state index contributed by atoms with van der Waals surface area (Å²) in [6.45, 7) is 4.40. The molecule has 1 atom stereocenters. The van der Waals surface area contributed by atoms with E-state index in [-0.39, 0.29) is 0 Å². The molecule has 0 aromatic carbocycles. The number of unbranched alkanes of at least 4 members (excludes halogenated alkanes) is 1. The minimum atomic E-state index is 0.452. The summed E-state index contributed by atoms with van der Waals surface area (Å²) in [6, 6.07) is 2.43. The number of nitrogens with zero attached hydrogens (tertiary/aromatic N) is 3. The fraction of sp³-hybridized carbons (Fsp3) is 0.500. The van der Waals surface area contributed by atoms with Crippen molar-refractivity contribution in [2.24, 2.45) is 0 Å². The Kier molecular flexibility index (Phi) is 3.39. The summed E-state index contributed by atoms with van der Waals surface area (Å²) < 4.78 is 1.84. The summed E-state index contributed by atoms with van der Waals surface area (Å²) in [4.78, 5) is 4.36. The summed E-state index contributed by atoms with van der Waals surface area (Å²) >= 11 is 0. The lowest BCUT2D eigenvalue weighted by Gasteiger charge is -2.14. The molecule has 0 saturated heterocycles. The van der Waals surface area contributed by atoms with Crippen LogP contribution in [-0.2, 0) is 0 Å². The van der Waals surface area contributed by atoms with Gasteiger partial charge in [0.2, 0.25) is 0 Å². The number of hydrogen-bond donors (Lipinski definition) is 1. The molecule has 1 unspecified atom stereocenters. The van der Waals surface area contributed by atoms with Crippen LogP contribution in [-0.4, -0.2) is 20.6 Å². The van der Waals surface area contributed by atoms with Gasteiger partial charge in [-0.3, -0.25) is 0 Å². The zero-order valence-corrected chi connectivity index (χ0v) is 9.85. The van der Waals surface area contributed by atoms with Crippen LogP contribution in [0.1, 0.15) is 33.1 Å².